The van der Waals surface area contributed by atoms with Gasteiger partial charge in [-0.15, -0.1) is 5.92 Å². The number of benzene rings is 4. The molecule has 0 aliphatic carbocycles. The van der Waals surface area contributed by atoms with Gasteiger partial charge in [-0.1, -0.05) is 66.6 Å². The van der Waals surface area contributed by atoms with E-state index in [9.17, 15) is 18.0 Å². The second kappa shape index (κ2) is 12.9. The minimum atomic E-state index is -4.21. The van der Waals surface area contributed by atoms with E-state index in [-0.39, 0.29) is 30.5 Å². The largest absolute Gasteiger partial charge is 0.481 e. The van der Waals surface area contributed by atoms with Crippen LogP contribution in [-0.4, -0.2) is 50.9 Å². The van der Waals surface area contributed by atoms with Crippen molar-refractivity contribution >= 4 is 27.6 Å². The summed E-state index contributed by atoms with van der Waals surface area (Å²) in [5.74, 6) is 4.85. The minimum absolute atomic E-state index is 0.0240. The van der Waals surface area contributed by atoms with E-state index in [1.165, 1.54) is 36.3 Å². The molecule has 0 spiro atoms. The second-order valence-electron chi connectivity index (χ2n) is 9.76. The van der Waals surface area contributed by atoms with Crippen LogP contribution in [0.3, 0.4) is 0 Å². The first-order valence-electron chi connectivity index (χ1n) is 13.6. The second-order valence-corrected chi connectivity index (χ2v) is 11.7. The Hall–Kier alpha value is -4.91. The van der Waals surface area contributed by atoms with Crippen LogP contribution in [-0.2, 0) is 26.1 Å². The highest BCUT2D eigenvalue weighted by Gasteiger charge is 2.42. The first-order chi connectivity index (χ1) is 20.8. The minimum Gasteiger partial charge on any atom is -0.481 e. The predicted octanol–water partition coefficient (Wildman–Crippen LogP) is 5.15. The van der Waals surface area contributed by atoms with Crippen molar-refractivity contribution in [3.8, 4) is 28.7 Å². The van der Waals surface area contributed by atoms with Crippen LogP contribution in [0.5, 0.6) is 5.75 Å². The number of sulfonamides is 1. The Balaban J connectivity index is 1.50. The van der Waals surface area contributed by atoms with Crippen molar-refractivity contribution in [1.82, 2.24) is 4.31 Å². The van der Waals surface area contributed by atoms with Gasteiger partial charge in [-0.2, -0.15) is 4.31 Å². The summed E-state index contributed by atoms with van der Waals surface area (Å²) in [6, 6.07) is 28.7. The van der Waals surface area contributed by atoms with Crippen LogP contribution in [0.25, 0.3) is 11.1 Å². The molecule has 1 aliphatic heterocycles. The van der Waals surface area contributed by atoms with Crippen molar-refractivity contribution in [2.24, 2.45) is 0 Å². The first kappa shape index (κ1) is 29.6. The maximum atomic E-state index is 14.0. The number of para-hydroxylation sites is 1. The van der Waals surface area contributed by atoms with Gasteiger partial charge in [0.1, 0.15) is 18.4 Å². The molecule has 4 aromatic rings. The highest BCUT2D eigenvalue weighted by atomic mass is 32.2. The SMILES string of the molecule is CC#CCOc1ccc(S(=O)(=O)N2Cc3ccccc3N(C(=O)c3ccc(-c4ccccc4)cc3)CC2C(=O)OC)cc1. The number of carbonyl (C=O) groups excluding carboxylic acids is 2. The van der Waals surface area contributed by atoms with Gasteiger partial charge in [-0.25, -0.2) is 8.42 Å². The van der Waals surface area contributed by atoms with Crippen molar-refractivity contribution < 1.29 is 27.5 Å². The Kier molecular flexibility index (Phi) is 8.90. The monoisotopic (exact) mass is 594 g/mol. The van der Waals surface area contributed by atoms with Gasteiger partial charge in [0.25, 0.3) is 5.91 Å². The van der Waals surface area contributed by atoms with Gasteiger partial charge in [-0.05, 0) is 66.1 Å². The fourth-order valence-electron chi connectivity index (χ4n) is 4.95. The molecule has 1 heterocycles. The number of carbonyl (C=O) groups is 2. The van der Waals surface area contributed by atoms with Crippen LogP contribution >= 0.6 is 0 Å². The summed E-state index contributed by atoms with van der Waals surface area (Å²) in [6.07, 6.45) is 0. The summed E-state index contributed by atoms with van der Waals surface area (Å²) >= 11 is 0. The van der Waals surface area contributed by atoms with E-state index in [2.05, 4.69) is 11.8 Å². The highest BCUT2D eigenvalue weighted by Crippen LogP contribution is 2.33. The number of ether oxygens (including phenoxy) is 2. The van der Waals surface area contributed by atoms with E-state index in [1.807, 2.05) is 42.5 Å². The molecule has 5 rings (SSSR count). The van der Waals surface area contributed by atoms with Crippen LogP contribution in [0.15, 0.2) is 108 Å². The number of hydrogen-bond donors (Lipinski definition) is 0. The van der Waals surface area contributed by atoms with Gasteiger partial charge >= 0.3 is 5.97 Å². The third-order valence-corrected chi connectivity index (χ3v) is 9.06. The molecule has 1 unspecified atom stereocenters. The van der Waals surface area contributed by atoms with Gasteiger partial charge in [-0.3, -0.25) is 9.59 Å². The smallest absolute Gasteiger partial charge is 0.326 e. The maximum absolute atomic E-state index is 14.0. The molecule has 0 aromatic heterocycles. The van der Waals surface area contributed by atoms with Gasteiger partial charge in [0.05, 0.1) is 18.6 Å². The molecular weight excluding hydrogens is 564 g/mol. The number of nitrogens with zero attached hydrogens (tertiary/aromatic N) is 2. The third kappa shape index (κ3) is 6.31. The number of methoxy groups -OCH3 is 1. The Bertz CT molecular complexity index is 1780. The lowest BCUT2D eigenvalue weighted by Crippen LogP contribution is -2.50. The Labute approximate surface area is 251 Å². The van der Waals surface area contributed by atoms with Gasteiger partial charge in [0.15, 0.2) is 0 Å². The van der Waals surface area contributed by atoms with E-state index in [0.717, 1.165) is 15.4 Å². The Morgan fingerprint density at radius 1 is 0.860 bits per heavy atom. The lowest BCUT2D eigenvalue weighted by Gasteiger charge is -2.29. The van der Waals surface area contributed by atoms with Crippen molar-refractivity contribution in [3.63, 3.8) is 0 Å². The Morgan fingerprint density at radius 3 is 2.19 bits per heavy atom. The van der Waals surface area contributed by atoms with Crippen LogP contribution in [0.2, 0.25) is 0 Å². The van der Waals surface area contributed by atoms with Crippen LogP contribution in [0.1, 0.15) is 22.8 Å². The summed E-state index contributed by atoms with van der Waals surface area (Å²) in [4.78, 5) is 28.6. The van der Waals surface area contributed by atoms with Crippen molar-refractivity contribution in [2.45, 2.75) is 24.4 Å². The third-order valence-electron chi connectivity index (χ3n) is 7.19. The van der Waals surface area contributed by atoms with Crippen molar-refractivity contribution in [3.05, 3.63) is 114 Å². The average molecular weight is 595 g/mol. The zero-order valence-electron chi connectivity index (χ0n) is 23.8. The zero-order chi connectivity index (χ0) is 30.4. The number of rotatable bonds is 7. The molecule has 1 amide bonds. The molecule has 1 atom stereocenters. The standard InChI is InChI=1S/C34H30N2O6S/c1-3-4-22-42-29-18-20-30(21-19-29)43(39,40)36-23-28-12-8-9-13-31(28)35(24-32(36)34(38)41-2)33(37)27-16-14-26(15-17-27)25-10-6-5-7-11-25/h5-21,32H,22-24H2,1-2H3. The fourth-order valence-corrected chi connectivity index (χ4v) is 6.50. The predicted molar refractivity (Wildman–Crippen MR) is 164 cm³/mol. The van der Waals surface area contributed by atoms with E-state index in [4.69, 9.17) is 9.47 Å². The van der Waals surface area contributed by atoms with Gasteiger partial charge in [0, 0.05) is 17.8 Å². The summed E-state index contributed by atoms with van der Waals surface area (Å²) in [6.45, 7) is 1.50. The summed E-state index contributed by atoms with van der Waals surface area (Å²) in [5.41, 5.74) is 3.46. The average Bonchev–Trinajstić information content (AvgIpc) is 3.23. The van der Waals surface area contributed by atoms with Crippen LogP contribution < -0.4 is 9.64 Å². The maximum Gasteiger partial charge on any atom is 0.326 e. The molecular formula is C34H30N2O6S. The summed E-state index contributed by atoms with van der Waals surface area (Å²) < 4.78 is 39.7. The quantitative estimate of drug-likeness (QED) is 0.217. The van der Waals surface area contributed by atoms with Gasteiger partial charge in [0.2, 0.25) is 10.0 Å². The molecule has 0 radical (unpaired) electrons. The number of hydrogen-bond acceptors (Lipinski definition) is 6. The van der Waals surface area contributed by atoms with Gasteiger partial charge < -0.3 is 14.4 Å². The highest BCUT2D eigenvalue weighted by molar-refractivity contribution is 7.89. The summed E-state index contributed by atoms with van der Waals surface area (Å²) in [5, 5.41) is 0. The van der Waals surface area contributed by atoms with E-state index in [0.29, 0.717) is 22.6 Å². The fraction of sp³-hybridized carbons (Fsp3) is 0.176. The Morgan fingerprint density at radius 2 is 1.51 bits per heavy atom. The van der Waals surface area contributed by atoms with E-state index >= 15 is 0 Å². The molecule has 1 aliphatic rings. The molecule has 43 heavy (non-hydrogen) atoms. The van der Waals surface area contributed by atoms with E-state index in [1.54, 1.807) is 43.3 Å². The lowest BCUT2D eigenvalue weighted by molar-refractivity contribution is -0.144. The topological polar surface area (TPSA) is 93.2 Å². The van der Waals surface area contributed by atoms with Crippen molar-refractivity contribution in [2.75, 3.05) is 25.2 Å². The molecule has 0 saturated heterocycles. The molecule has 8 nitrogen and oxygen atoms in total. The van der Waals surface area contributed by atoms with Crippen LogP contribution in [0, 0.1) is 11.8 Å². The number of amides is 1. The van der Waals surface area contributed by atoms with Crippen LogP contribution in [0.4, 0.5) is 5.69 Å². The number of fused-ring (bicyclic) bond motifs is 1. The molecule has 0 N–H and O–H groups in total. The molecule has 9 heteroatoms. The number of anilines is 1. The first-order valence-corrected chi connectivity index (χ1v) is 15.0. The molecule has 0 fully saturated rings. The normalized spacial score (nSPS) is 14.9. The van der Waals surface area contributed by atoms with E-state index < -0.39 is 22.0 Å². The molecule has 4 aromatic carbocycles. The molecule has 0 bridgehead atoms. The molecule has 218 valence electrons. The lowest BCUT2D eigenvalue weighted by atomic mass is 10.0. The number of esters is 1. The molecule has 0 saturated carbocycles. The summed E-state index contributed by atoms with van der Waals surface area (Å²) in [7, 11) is -3.01. The van der Waals surface area contributed by atoms with Crippen molar-refractivity contribution in [1.29, 1.82) is 0 Å². The zero-order valence-corrected chi connectivity index (χ0v) is 24.6.